The monoisotopic (exact) mass is 344 g/mol. The molecule has 0 saturated heterocycles. The van der Waals surface area contributed by atoms with E-state index >= 15 is 0 Å². The van der Waals surface area contributed by atoms with Crippen molar-refractivity contribution >= 4 is 0 Å². The number of fused-ring (bicyclic) bond motifs is 1. The minimum atomic E-state index is -0.357. The minimum Gasteiger partial charge on any atom is -0.489 e. The summed E-state index contributed by atoms with van der Waals surface area (Å²) in [6.45, 7) is 3.43. The fraction of sp³-hybridized carbons (Fsp3) is 0.400. The summed E-state index contributed by atoms with van der Waals surface area (Å²) in [7, 11) is 1.85. The first-order valence-electron chi connectivity index (χ1n) is 8.68. The van der Waals surface area contributed by atoms with Crippen LogP contribution in [0.5, 0.6) is 5.75 Å². The van der Waals surface area contributed by atoms with Crippen molar-refractivity contribution in [3.63, 3.8) is 0 Å². The van der Waals surface area contributed by atoms with Crippen LogP contribution in [-0.4, -0.2) is 42.8 Å². The maximum atomic E-state index is 13.0. The zero-order valence-electron chi connectivity index (χ0n) is 14.5. The zero-order valence-corrected chi connectivity index (χ0v) is 14.5. The molecule has 0 amide bonds. The van der Waals surface area contributed by atoms with E-state index in [1.54, 1.807) is 12.1 Å². The Balaban J connectivity index is 1.63. The van der Waals surface area contributed by atoms with Crippen LogP contribution in [-0.2, 0) is 19.6 Å². The molecule has 0 aromatic heterocycles. The molecule has 1 atom stereocenters. The van der Waals surface area contributed by atoms with E-state index in [-0.39, 0.29) is 11.9 Å². The molecule has 3 rings (SSSR count). The Morgan fingerprint density at radius 2 is 2.04 bits per heavy atom. The number of aliphatic hydroxyl groups excluding tert-OH is 1. The molecule has 0 aliphatic carbocycles. The second kappa shape index (κ2) is 8.43. The first kappa shape index (κ1) is 17.9. The fourth-order valence-corrected chi connectivity index (χ4v) is 3.26. The maximum absolute atomic E-state index is 13.0. The van der Waals surface area contributed by atoms with Gasteiger partial charge in [-0.15, -0.1) is 0 Å². The van der Waals surface area contributed by atoms with Gasteiger partial charge in [-0.3, -0.25) is 4.90 Å². The van der Waals surface area contributed by atoms with E-state index in [1.807, 2.05) is 19.2 Å². The van der Waals surface area contributed by atoms with Crippen LogP contribution in [0.1, 0.15) is 16.7 Å². The first-order chi connectivity index (χ1) is 12.2. The first-order valence-corrected chi connectivity index (χ1v) is 8.68. The molecular formula is C20H25FN2O2. The lowest BCUT2D eigenvalue weighted by molar-refractivity contribution is 0.105. The molecule has 1 heterocycles. The Kier molecular flexibility index (Phi) is 6.02. The van der Waals surface area contributed by atoms with Gasteiger partial charge in [-0.05, 0) is 48.4 Å². The molecule has 5 heteroatoms. The molecule has 2 aromatic carbocycles. The topological polar surface area (TPSA) is 44.7 Å². The average Bonchev–Trinajstić information content (AvgIpc) is 2.61. The minimum absolute atomic E-state index is 0.235. The number of β-amino-alcohol motifs (C(OH)–C–C–N with tert-alkyl or cyclic N) is 1. The molecule has 1 unspecified atom stereocenters. The van der Waals surface area contributed by atoms with Gasteiger partial charge < -0.3 is 15.2 Å². The van der Waals surface area contributed by atoms with Crippen LogP contribution >= 0.6 is 0 Å². The number of likely N-dealkylation sites (N-methyl/N-ethyl adjacent to an activating group) is 1. The molecule has 1 aliphatic rings. The Morgan fingerprint density at radius 3 is 2.80 bits per heavy atom. The van der Waals surface area contributed by atoms with Crippen LogP contribution in [0.25, 0.3) is 0 Å². The van der Waals surface area contributed by atoms with Crippen molar-refractivity contribution in [2.24, 2.45) is 0 Å². The molecule has 25 heavy (non-hydrogen) atoms. The summed E-state index contributed by atoms with van der Waals surface area (Å²) in [4.78, 5) is 2.27. The molecule has 0 fully saturated rings. The lowest BCUT2D eigenvalue weighted by Gasteiger charge is -2.31. The number of hydrogen-bond donors (Lipinski definition) is 2. The van der Waals surface area contributed by atoms with Gasteiger partial charge in [-0.2, -0.15) is 0 Å². The highest BCUT2D eigenvalue weighted by molar-refractivity contribution is 5.42. The molecule has 2 N–H and O–H groups in total. The predicted molar refractivity (Wildman–Crippen MR) is 96.1 cm³/mol. The number of ether oxygens (including phenoxy) is 1. The number of halogens is 1. The van der Waals surface area contributed by atoms with Gasteiger partial charge >= 0.3 is 0 Å². The van der Waals surface area contributed by atoms with Gasteiger partial charge in [-0.1, -0.05) is 24.3 Å². The van der Waals surface area contributed by atoms with Crippen LogP contribution in [0.4, 0.5) is 4.39 Å². The van der Waals surface area contributed by atoms with Crippen LogP contribution in [0.3, 0.4) is 0 Å². The van der Waals surface area contributed by atoms with Crippen molar-refractivity contribution in [2.45, 2.75) is 25.7 Å². The number of rotatable bonds is 7. The van der Waals surface area contributed by atoms with Crippen LogP contribution in [0.15, 0.2) is 42.5 Å². The third kappa shape index (κ3) is 4.78. The van der Waals surface area contributed by atoms with E-state index in [0.717, 1.165) is 30.8 Å². The molecule has 0 saturated carbocycles. The van der Waals surface area contributed by atoms with Crippen molar-refractivity contribution in [3.05, 3.63) is 65.0 Å². The van der Waals surface area contributed by atoms with Crippen molar-refractivity contribution < 1.29 is 14.2 Å². The van der Waals surface area contributed by atoms with Crippen molar-refractivity contribution in [1.82, 2.24) is 10.2 Å². The number of nitrogens with zero attached hydrogens (tertiary/aromatic N) is 1. The molecule has 2 aromatic rings. The second-order valence-electron chi connectivity index (χ2n) is 6.51. The molecule has 0 bridgehead atoms. The Bertz CT molecular complexity index is 691. The third-order valence-corrected chi connectivity index (χ3v) is 4.52. The number of nitrogens with one attached hydrogen (secondary N) is 1. The summed E-state index contributed by atoms with van der Waals surface area (Å²) in [6.07, 6.45) is 0.547. The van der Waals surface area contributed by atoms with Gasteiger partial charge in [0, 0.05) is 26.2 Å². The quantitative estimate of drug-likeness (QED) is 0.809. The van der Waals surface area contributed by atoms with Crippen LogP contribution < -0.4 is 10.1 Å². The normalized spacial score (nSPS) is 15.6. The second-order valence-corrected chi connectivity index (χ2v) is 6.51. The van der Waals surface area contributed by atoms with Gasteiger partial charge in [-0.25, -0.2) is 4.39 Å². The van der Waals surface area contributed by atoms with E-state index < -0.39 is 0 Å². The van der Waals surface area contributed by atoms with Crippen molar-refractivity contribution in [3.8, 4) is 5.75 Å². The molecule has 1 aliphatic heterocycles. The molecule has 0 spiro atoms. The summed E-state index contributed by atoms with van der Waals surface area (Å²) in [6, 6.07) is 12.5. The van der Waals surface area contributed by atoms with E-state index in [1.165, 1.54) is 23.3 Å². The Hall–Kier alpha value is -1.95. The highest BCUT2D eigenvalue weighted by Crippen LogP contribution is 2.28. The van der Waals surface area contributed by atoms with Gasteiger partial charge in [0.1, 0.15) is 18.2 Å². The van der Waals surface area contributed by atoms with Gasteiger partial charge in [0.2, 0.25) is 0 Å². The largest absolute Gasteiger partial charge is 0.489 e. The SMILES string of the molecule is CNCC(O)CN1CCc2c(cccc2OCc2ccc(F)cc2)C1. The van der Waals surface area contributed by atoms with Crippen LogP contribution in [0, 0.1) is 5.82 Å². The summed E-state index contributed by atoms with van der Waals surface area (Å²) in [5.41, 5.74) is 3.44. The summed E-state index contributed by atoms with van der Waals surface area (Å²) in [5, 5.41) is 13.0. The third-order valence-electron chi connectivity index (χ3n) is 4.52. The van der Waals surface area contributed by atoms with E-state index in [2.05, 4.69) is 16.3 Å². The molecule has 0 radical (unpaired) electrons. The predicted octanol–water partition coefficient (Wildman–Crippen LogP) is 2.34. The standard InChI is InChI=1S/C20H25FN2O2/c1-22-11-18(24)13-23-10-9-19-16(12-23)3-2-4-20(19)25-14-15-5-7-17(21)8-6-15/h2-8,18,22,24H,9-14H2,1H3. The van der Waals surface area contributed by atoms with Crippen LogP contribution in [0.2, 0.25) is 0 Å². The maximum Gasteiger partial charge on any atom is 0.123 e. The van der Waals surface area contributed by atoms with E-state index in [9.17, 15) is 9.50 Å². The summed E-state index contributed by atoms with van der Waals surface area (Å²) in [5.74, 6) is 0.665. The zero-order chi connectivity index (χ0) is 17.6. The lowest BCUT2D eigenvalue weighted by atomic mass is 9.98. The molecule has 134 valence electrons. The average molecular weight is 344 g/mol. The number of benzene rings is 2. The van der Waals surface area contributed by atoms with Crippen molar-refractivity contribution in [2.75, 3.05) is 26.7 Å². The number of hydrogen-bond acceptors (Lipinski definition) is 4. The fourth-order valence-electron chi connectivity index (χ4n) is 3.26. The highest BCUT2D eigenvalue weighted by atomic mass is 19.1. The Morgan fingerprint density at radius 1 is 1.24 bits per heavy atom. The van der Waals surface area contributed by atoms with E-state index in [4.69, 9.17) is 4.74 Å². The van der Waals surface area contributed by atoms with Crippen molar-refractivity contribution in [1.29, 1.82) is 0 Å². The van der Waals surface area contributed by atoms with Gasteiger partial charge in [0.25, 0.3) is 0 Å². The lowest BCUT2D eigenvalue weighted by Crippen LogP contribution is -2.40. The van der Waals surface area contributed by atoms with Gasteiger partial charge in [0.15, 0.2) is 0 Å². The smallest absolute Gasteiger partial charge is 0.123 e. The van der Waals surface area contributed by atoms with E-state index in [0.29, 0.717) is 19.7 Å². The van der Waals surface area contributed by atoms with Gasteiger partial charge in [0.05, 0.1) is 6.10 Å². The number of aliphatic hydroxyl groups is 1. The summed E-state index contributed by atoms with van der Waals surface area (Å²) >= 11 is 0. The highest BCUT2D eigenvalue weighted by Gasteiger charge is 2.21. The summed E-state index contributed by atoms with van der Waals surface area (Å²) < 4.78 is 19.0. The molecular weight excluding hydrogens is 319 g/mol. The molecule has 4 nitrogen and oxygen atoms in total. The Labute approximate surface area is 148 Å².